The number of aromatic nitrogens is 2. The molecule has 0 spiro atoms. The molecule has 1 N–H and O–H groups in total. The van der Waals surface area contributed by atoms with E-state index in [1.807, 2.05) is 0 Å². The van der Waals surface area contributed by atoms with Gasteiger partial charge in [-0.1, -0.05) is 5.16 Å². The van der Waals surface area contributed by atoms with Gasteiger partial charge in [-0.3, -0.25) is 0 Å². The van der Waals surface area contributed by atoms with E-state index in [-0.39, 0.29) is 0 Å². The van der Waals surface area contributed by atoms with Gasteiger partial charge in [0.05, 0.1) is 0 Å². The fourth-order valence-corrected chi connectivity index (χ4v) is 0.434. The third kappa shape index (κ3) is 1.67. The smallest absolute Gasteiger partial charge is 0.387 e. The van der Waals surface area contributed by atoms with E-state index in [1.54, 1.807) is 0 Å². The number of rotatable bonds is 1. The number of aliphatic hydroxyl groups is 1. The minimum Gasteiger partial charge on any atom is -0.387 e. The number of aliphatic hydroxyl groups excluding tert-OH is 1. The van der Waals surface area contributed by atoms with E-state index in [4.69, 9.17) is 5.11 Å². The topological polar surface area (TPSA) is 59.2 Å². The zero-order valence-electron chi connectivity index (χ0n) is 5.09. The zero-order chi connectivity index (χ0) is 8.48. The lowest BCUT2D eigenvalue weighted by Gasteiger charge is -1.95. The quantitative estimate of drug-likeness (QED) is 0.666. The Hall–Kier alpha value is -1.11. The maximum atomic E-state index is 11.7. The first-order valence-electron chi connectivity index (χ1n) is 2.54. The molecular formula is C4H3F3N2O2. The van der Waals surface area contributed by atoms with Crippen LogP contribution in [0.2, 0.25) is 0 Å². The first-order valence-corrected chi connectivity index (χ1v) is 2.54. The van der Waals surface area contributed by atoms with Gasteiger partial charge in [-0.2, -0.15) is 18.2 Å². The van der Waals surface area contributed by atoms with Crippen molar-refractivity contribution in [3.8, 4) is 0 Å². The van der Waals surface area contributed by atoms with Gasteiger partial charge in [-0.25, -0.2) is 0 Å². The third-order valence-corrected chi connectivity index (χ3v) is 0.857. The fraction of sp³-hybridized carbons (Fsp3) is 0.500. The molecule has 0 aliphatic rings. The van der Waals surface area contributed by atoms with Gasteiger partial charge in [-0.05, 0) is 0 Å². The Labute approximate surface area is 58.6 Å². The van der Waals surface area contributed by atoms with Gasteiger partial charge in [-0.15, -0.1) is 0 Å². The van der Waals surface area contributed by atoms with Crippen molar-refractivity contribution in [1.82, 2.24) is 10.1 Å². The standard InChI is InChI=1S/C4H3F3N2O2/c5-4(6,7)3-8-2(1-10)11-9-3/h10H,1H2. The summed E-state index contributed by atoms with van der Waals surface area (Å²) in [6.07, 6.45) is -4.61. The van der Waals surface area contributed by atoms with Crippen molar-refractivity contribution in [3.05, 3.63) is 11.7 Å². The SMILES string of the molecule is OCc1nc(C(F)(F)F)no1. The lowest BCUT2D eigenvalue weighted by atomic mass is 10.6. The van der Waals surface area contributed by atoms with Crippen LogP contribution in [0.4, 0.5) is 13.2 Å². The predicted molar refractivity (Wildman–Crippen MR) is 25.2 cm³/mol. The van der Waals surface area contributed by atoms with Crippen molar-refractivity contribution in [2.24, 2.45) is 0 Å². The van der Waals surface area contributed by atoms with E-state index in [2.05, 4.69) is 14.7 Å². The largest absolute Gasteiger partial charge is 0.455 e. The average molecular weight is 168 g/mol. The monoisotopic (exact) mass is 168 g/mol. The number of hydrogen-bond acceptors (Lipinski definition) is 4. The lowest BCUT2D eigenvalue weighted by molar-refractivity contribution is -0.146. The number of alkyl halides is 3. The molecule has 0 saturated heterocycles. The summed E-state index contributed by atoms with van der Waals surface area (Å²) < 4.78 is 39.0. The molecule has 0 amide bonds. The second-order valence-corrected chi connectivity index (χ2v) is 1.67. The summed E-state index contributed by atoms with van der Waals surface area (Å²) in [4.78, 5) is 2.85. The number of nitrogens with zero attached hydrogens (tertiary/aromatic N) is 2. The Balaban J connectivity index is 2.89. The highest BCUT2D eigenvalue weighted by Crippen LogP contribution is 2.25. The molecule has 0 unspecified atom stereocenters. The summed E-state index contributed by atoms with van der Waals surface area (Å²) in [5.74, 6) is -1.82. The summed E-state index contributed by atoms with van der Waals surface area (Å²) in [5, 5.41) is 10.8. The number of halogens is 3. The van der Waals surface area contributed by atoms with Gasteiger partial charge in [0.2, 0.25) is 0 Å². The second-order valence-electron chi connectivity index (χ2n) is 1.67. The minimum absolute atomic E-state index is 0.447. The van der Waals surface area contributed by atoms with Gasteiger partial charge < -0.3 is 9.63 Å². The summed E-state index contributed by atoms with van der Waals surface area (Å²) in [5.41, 5.74) is 0. The molecule has 1 heterocycles. The van der Waals surface area contributed by atoms with Crippen LogP contribution in [0.3, 0.4) is 0 Å². The van der Waals surface area contributed by atoms with E-state index >= 15 is 0 Å². The maximum absolute atomic E-state index is 11.7. The van der Waals surface area contributed by atoms with Gasteiger partial charge in [0.15, 0.2) is 0 Å². The molecule has 4 nitrogen and oxygen atoms in total. The Morgan fingerprint density at radius 3 is 2.36 bits per heavy atom. The average Bonchev–Trinajstić information content (AvgIpc) is 2.32. The molecule has 1 aromatic rings. The lowest BCUT2D eigenvalue weighted by Crippen LogP contribution is -2.07. The van der Waals surface area contributed by atoms with Gasteiger partial charge >= 0.3 is 6.18 Å². The van der Waals surface area contributed by atoms with Crippen LogP contribution in [-0.2, 0) is 12.8 Å². The summed E-state index contributed by atoms with van der Waals surface area (Å²) in [6.45, 7) is -0.691. The van der Waals surface area contributed by atoms with E-state index in [0.29, 0.717) is 0 Å². The molecule has 0 bridgehead atoms. The Bertz CT molecular complexity index is 244. The minimum atomic E-state index is -4.61. The summed E-state index contributed by atoms with van der Waals surface area (Å²) in [6, 6.07) is 0. The highest BCUT2D eigenvalue weighted by molar-refractivity contribution is 4.89. The van der Waals surface area contributed by atoms with Gasteiger partial charge in [0.1, 0.15) is 6.61 Å². The first kappa shape index (κ1) is 7.99. The highest BCUT2D eigenvalue weighted by atomic mass is 19.4. The highest BCUT2D eigenvalue weighted by Gasteiger charge is 2.37. The first-order chi connectivity index (χ1) is 5.04. The normalized spacial score (nSPS) is 12.0. The van der Waals surface area contributed by atoms with Crippen LogP contribution in [0.25, 0.3) is 0 Å². The molecule has 0 fully saturated rings. The molecule has 11 heavy (non-hydrogen) atoms. The molecule has 0 saturated carbocycles. The third-order valence-electron chi connectivity index (χ3n) is 0.857. The van der Waals surface area contributed by atoms with Crippen molar-refractivity contribution < 1.29 is 22.8 Å². The second kappa shape index (κ2) is 2.50. The van der Waals surface area contributed by atoms with Crippen LogP contribution in [0, 0.1) is 0 Å². The van der Waals surface area contributed by atoms with E-state index in [0.717, 1.165) is 0 Å². The Morgan fingerprint density at radius 2 is 2.09 bits per heavy atom. The van der Waals surface area contributed by atoms with Gasteiger partial charge in [0.25, 0.3) is 11.7 Å². The van der Waals surface area contributed by atoms with E-state index in [1.165, 1.54) is 0 Å². The number of hydrogen-bond donors (Lipinski definition) is 1. The molecule has 62 valence electrons. The van der Waals surface area contributed by atoms with E-state index in [9.17, 15) is 13.2 Å². The van der Waals surface area contributed by atoms with Crippen LogP contribution < -0.4 is 0 Å². The Morgan fingerprint density at radius 1 is 1.45 bits per heavy atom. The summed E-state index contributed by atoms with van der Waals surface area (Å²) in [7, 11) is 0. The van der Waals surface area contributed by atoms with Crippen LogP contribution in [0.1, 0.15) is 11.7 Å². The zero-order valence-corrected chi connectivity index (χ0v) is 5.09. The molecule has 0 aromatic carbocycles. The summed E-state index contributed by atoms with van der Waals surface area (Å²) >= 11 is 0. The van der Waals surface area contributed by atoms with Crippen LogP contribution in [0.5, 0.6) is 0 Å². The molecule has 1 rings (SSSR count). The molecule has 0 atom stereocenters. The van der Waals surface area contributed by atoms with Crippen LogP contribution in [0.15, 0.2) is 4.52 Å². The van der Waals surface area contributed by atoms with Crippen molar-refractivity contribution in [2.45, 2.75) is 12.8 Å². The van der Waals surface area contributed by atoms with Crippen LogP contribution in [-0.4, -0.2) is 15.2 Å². The molecule has 0 radical (unpaired) electrons. The predicted octanol–water partition coefficient (Wildman–Crippen LogP) is 0.581. The molecule has 0 aliphatic heterocycles. The molecule has 7 heteroatoms. The van der Waals surface area contributed by atoms with E-state index < -0.39 is 24.5 Å². The fourth-order valence-electron chi connectivity index (χ4n) is 0.434. The van der Waals surface area contributed by atoms with Crippen molar-refractivity contribution >= 4 is 0 Å². The maximum Gasteiger partial charge on any atom is 0.455 e. The van der Waals surface area contributed by atoms with Gasteiger partial charge in [0, 0.05) is 0 Å². The molecular weight excluding hydrogens is 165 g/mol. The molecule has 1 aromatic heterocycles. The van der Waals surface area contributed by atoms with Crippen molar-refractivity contribution in [3.63, 3.8) is 0 Å². The van der Waals surface area contributed by atoms with Crippen molar-refractivity contribution in [2.75, 3.05) is 0 Å². The molecule has 0 aliphatic carbocycles. The van der Waals surface area contributed by atoms with Crippen LogP contribution >= 0.6 is 0 Å². The van der Waals surface area contributed by atoms with Crippen molar-refractivity contribution in [1.29, 1.82) is 0 Å². The Kier molecular flexibility index (Phi) is 1.81.